The van der Waals surface area contributed by atoms with Crippen LogP contribution in [0.5, 0.6) is 11.5 Å². The number of carbonyl (C=O) groups is 1. The fraction of sp³-hybridized carbons (Fsp3) is 0.450. The first-order chi connectivity index (χ1) is 13.7. The minimum atomic E-state index is -0.0696. The standard InChI is InChI=1S/C20H28N6O3/c1-20(2,3)11-25-12-22-16(10-18(25)27)26-17(23-19(21)24-26)9-13-6-7-14(28-4)15(8-13)29-5/h6-8,10,22H,9,11-12H2,1-5H3,(H2,21,24). The van der Waals surface area contributed by atoms with Crippen LogP contribution in [0.25, 0.3) is 5.82 Å². The van der Waals surface area contributed by atoms with Crippen LogP contribution in [0, 0.1) is 5.41 Å². The Bertz CT molecular complexity index is 929. The number of nitrogens with one attached hydrogen (secondary N) is 1. The van der Waals surface area contributed by atoms with Crippen LogP contribution in [0.15, 0.2) is 24.3 Å². The quantitative estimate of drug-likeness (QED) is 0.760. The van der Waals surface area contributed by atoms with Crippen LogP contribution in [0.4, 0.5) is 5.95 Å². The number of benzene rings is 1. The molecule has 0 aliphatic carbocycles. The van der Waals surface area contributed by atoms with Gasteiger partial charge in [0, 0.05) is 19.0 Å². The van der Waals surface area contributed by atoms with Gasteiger partial charge in [0.2, 0.25) is 5.95 Å². The van der Waals surface area contributed by atoms with Crippen molar-refractivity contribution in [2.24, 2.45) is 5.41 Å². The number of amides is 1. The molecule has 0 saturated carbocycles. The van der Waals surface area contributed by atoms with Crippen LogP contribution in [-0.4, -0.2) is 53.0 Å². The Kier molecular flexibility index (Phi) is 5.67. The van der Waals surface area contributed by atoms with Crippen molar-refractivity contribution in [1.82, 2.24) is 25.0 Å². The number of hydrogen-bond acceptors (Lipinski definition) is 7. The van der Waals surface area contributed by atoms with E-state index in [0.29, 0.717) is 42.8 Å². The SMILES string of the molecule is COc1ccc(Cc2nc(N)nn2C2=CC(=O)N(CC(C)(C)C)CN2)cc1OC. The van der Waals surface area contributed by atoms with E-state index in [1.54, 1.807) is 23.8 Å². The highest BCUT2D eigenvalue weighted by Crippen LogP contribution is 2.28. The zero-order chi connectivity index (χ0) is 21.2. The van der Waals surface area contributed by atoms with Gasteiger partial charge in [0.15, 0.2) is 11.5 Å². The molecule has 1 aromatic heterocycles. The maximum absolute atomic E-state index is 12.6. The van der Waals surface area contributed by atoms with Crippen LogP contribution < -0.4 is 20.5 Å². The Morgan fingerprint density at radius 2 is 1.93 bits per heavy atom. The first kappa shape index (κ1) is 20.5. The fourth-order valence-corrected chi connectivity index (χ4v) is 3.20. The largest absolute Gasteiger partial charge is 0.493 e. The van der Waals surface area contributed by atoms with Gasteiger partial charge in [-0.1, -0.05) is 26.8 Å². The molecule has 0 unspecified atom stereocenters. The normalized spacial score (nSPS) is 14.4. The number of nitrogens with zero attached hydrogens (tertiary/aromatic N) is 4. The lowest BCUT2D eigenvalue weighted by atomic mass is 9.96. The predicted octanol–water partition coefficient (Wildman–Crippen LogP) is 1.70. The summed E-state index contributed by atoms with van der Waals surface area (Å²) in [4.78, 5) is 18.7. The Morgan fingerprint density at radius 1 is 1.21 bits per heavy atom. The zero-order valence-corrected chi connectivity index (χ0v) is 17.5. The summed E-state index contributed by atoms with van der Waals surface area (Å²) in [5.74, 6) is 2.53. The molecule has 1 aliphatic rings. The van der Waals surface area contributed by atoms with Crippen molar-refractivity contribution in [2.45, 2.75) is 27.2 Å². The molecule has 1 aliphatic heterocycles. The Morgan fingerprint density at radius 3 is 2.55 bits per heavy atom. The molecule has 9 nitrogen and oxygen atoms in total. The molecular formula is C20H28N6O3. The van der Waals surface area contributed by atoms with Crippen LogP contribution in [-0.2, 0) is 11.2 Å². The number of nitrogen functional groups attached to an aromatic ring is 1. The van der Waals surface area contributed by atoms with Gasteiger partial charge < -0.3 is 25.4 Å². The molecule has 3 N–H and O–H groups in total. The maximum Gasteiger partial charge on any atom is 0.251 e. The third-order valence-corrected chi connectivity index (χ3v) is 4.42. The monoisotopic (exact) mass is 400 g/mol. The first-order valence-corrected chi connectivity index (χ1v) is 9.37. The number of ether oxygens (including phenoxy) is 2. The molecule has 9 heteroatoms. The number of methoxy groups -OCH3 is 2. The highest BCUT2D eigenvalue weighted by atomic mass is 16.5. The number of anilines is 1. The Balaban J connectivity index is 1.85. The number of carbonyl (C=O) groups excluding carboxylic acids is 1. The van der Waals surface area contributed by atoms with Gasteiger partial charge in [0.1, 0.15) is 11.6 Å². The van der Waals surface area contributed by atoms with E-state index >= 15 is 0 Å². The fourth-order valence-electron chi connectivity index (χ4n) is 3.20. The molecule has 0 radical (unpaired) electrons. The smallest absolute Gasteiger partial charge is 0.251 e. The Hall–Kier alpha value is -3.23. The van der Waals surface area contributed by atoms with Crippen molar-refractivity contribution in [2.75, 3.05) is 33.2 Å². The molecule has 156 valence electrons. The lowest BCUT2D eigenvalue weighted by Gasteiger charge is -2.32. The molecule has 1 amide bonds. The third-order valence-electron chi connectivity index (χ3n) is 4.42. The second-order valence-corrected chi connectivity index (χ2v) is 8.13. The van der Waals surface area contributed by atoms with E-state index in [1.165, 1.54) is 6.08 Å². The molecule has 2 heterocycles. The third kappa shape index (κ3) is 4.79. The summed E-state index contributed by atoms with van der Waals surface area (Å²) in [5, 5.41) is 7.51. The maximum atomic E-state index is 12.6. The lowest BCUT2D eigenvalue weighted by Crippen LogP contribution is -2.46. The van der Waals surface area contributed by atoms with Crippen molar-refractivity contribution in [1.29, 1.82) is 0 Å². The minimum absolute atomic E-state index is 0.0128. The molecule has 0 bridgehead atoms. The molecule has 1 aromatic carbocycles. The summed E-state index contributed by atoms with van der Waals surface area (Å²) >= 11 is 0. The minimum Gasteiger partial charge on any atom is -0.493 e. The summed E-state index contributed by atoms with van der Waals surface area (Å²) < 4.78 is 12.2. The highest BCUT2D eigenvalue weighted by Gasteiger charge is 2.25. The average Bonchev–Trinajstić information content (AvgIpc) is 3.02. The molecular weight excluding hydrogens is 372 g/mol. The summed E-state index contributed by atoms with van der Waals surface area (Å²) in [5.41, 5.74) is 6.81. The van der Waals surface area contributed by atoms with E-state index in [1.807, 2.05) is 18.2 Å². The van der Waals surface area contributed by atoms with E-state index in [2.05, 4.69) is 36.2 Å². The van der Waals surface area contributed by atoms with Crippen molar-refractivity contribution in [3.63, 3.8) is 0 Å². The summed E-state index contributed by atoms with van der Waals surface area (Å²) in [6, 6.07) is 5.65. The molecule has 0 atom stereocenters. The van der Waals surface area contributed by atoms with Gasteiger partial charge in [0.05, 0.1) is 20.9 Å². The molecule has 3 rings (SSSR count). The van der Waals surface area contributed by atoms with Gasteiger partial charge in [-0.05, 0) is 23.1 Å². The van der Waals surface area contributed by atoms with Crippen LogP contribution in [0.3, 0.4) is 0 Å². The van der Waals surface area contributed by atoms with Crippen molar-refractivity contribution < 1.29 is 14.3 Å². The van der Waals surface area contributed by atoms with Crippen molar-refractivity contribution >= 4 is 17.7 Å². The van der Waals surface area contributed by atoms with E-state index < -0.39 is 0 Å². The van der Waals surface area contributed by atoms with Gasteiger partial charge in [-0.25, -0.2) is 0 Å². The molecule has 2 aromatic rings. The highest BCUT2D eigenvalue weighted by molar-refractivity contribution is 5.93. The second-order valence-electron chi connectivity index (χ2n) is 8.13. The molecule has 0 saturated heterocycles. The van der Waals surface area contributed by atoms with Crippen molar-refractivity contribution in [3.05, 3.63) is 35.7 Å². The van der Waals surface area contributed by atoms with E-state index in [-0.39, 0.29) is 17.3 Å². The number of hydrogen-bond donors (Lipinski definition) is 2. The average molecular weight is 400 g/mol. The lowest BCUT2D eigenvalue weighted by molar-refractivity contribution is -0.128. The van der Waals surface area contributed by atoms with E-state index in [9.17, 15) is 4.79 Å². The first-order valence-electron chi connectivity index (χ1n) is 9.37. The molecule has 0 fully saturated rings. The van der Waals surface area contributed by atoms with Crippen molar-refractivity contribution in [3.8, 4) is 11.5 Å². The number of rotatable bonds is 6. The van der Waals surface area contributed by atoms with E-state index in [0.717, 1.165) is 5.56 Å². The van der Waals surface area contributed by atoms with Gasteiger partial charge in [0.25, 0.3) is 5.91 Å². The summed E-state index contributed by atoms with van der Waals surface area (Å²) in [6.45, 7) is 7.34. The van der Waals surface area contributed by atoms with Crippen LogP contribution in [0.1, 0.15) is 32.2 Å². The van der Waals surface area contributed by atoms with Gasteiger partial charge >= 0.3 is 0 Å². The zero-order valence-electron chi connectivity index (χ0n) is 17.5. The van der Waals surface area contributed by atoms with Crippen LogP contribution >= 0.6 is 0 Å². The topological polar surface area (TPSA) is 108 Å². The molecule has 29 heavy (non-hydrogen) atoms. The predicted molar refractivity (Wildman–Crippen MR) is 110 cm³/mol. The van der Waals surface area contributed by atoms with Crippen LogP contribution in [0.2, 0.25) is 0 Å². The van der Waals surface area contributed by atoms with Gasteiger partial charge in [-0.15, -0.1) is 5.10 Å². The summed E-state index contributed by atoms with van der Waals surface area (Å²) in [6.07, 6.45) is 1.99. The van der Waals surface area contributed by atoms with Gasteiger partial charge in [-0.3, -0.25) is 4.79 Å². The number of aromatic nitrogens is 3. The molecule has 0 spiro atoms. The second kappa shape index (κ2) is 8.02. The summed E-state index contributed by atoms with van der Waals surface area (Å²) in [7, 11) is 3.18. The van der Waals surface area contributed by atoms with E-state index in [4.69, 9.17) is 15.2 Å². The van der Waals surface area contributed by atoms with Gasteiger partial charge in [-0.2, -0.15) is 9.67 Å². The Labute approximate surface area is 170 Å². The number of nitrogens with two attached hydrogens (primary N) is 1.